The molecule has 6 nitrogen and oxygen atoms in total. The van der Waals surface area contributed by atoms with Gasteiger partial charge in [0.2, 0.25) is 5.88 Å². The van der Waals surface area contributed by atoms with E-state index in [-0.39, 0.29) is 12.1 Å². The summed E-state index contributed by atoms with van der Waals surface area (Å²) in [6.07, 6.45) is 3.77. The Hall–Kier alpha value is -3.06. The molecule has 156 valence electrons. The van der Waals surface area contributed by atoms with Crippen molar-refractivity contribution in [2.75, 3.05) is 13.2 Å². The minimum Gasteiger partial charge on any atom is -0.490 e. The summed E-state index contributed by atoms with van der Waals surface area (Å²) in [4.78, 5) is 19.0. The Morgan fingerprint density at radius 3 is 2.83 bits per heavy atom. The second kappa shape index (κ2) is 9.63. The molecule has 3 heterocycles. The van der Waals surface area contributed by atoms with Gasteiger partial charge in [-0.15, -0.1) is 0 Å². The molecule has 1 aliphatic rings. The van der Waals surface area contributed by atoms with Crippen LogP contribution in [0.5, 0.6) is 17.4 Å². The molecule has 0 aliphatic carbocycles. The number of aromatic nitrogens is 1. The summed E-state index contributed by atoms with van der Waals surface area (Å²) in [7, 11) is 0. The third-order valence-corrected chi connectivity index (χ3v) is 5.75. The number of likely N-dealkylation sites (tertiary alicyclic amines) is 1. The number of ether oxygens (including phenoxy) is 2. The van der Waals surface area contributed by atoms with Crippen LogP contribution in [0.15, 0.2) is 59.4 Å². The average molecular weight is 424 g/mol. The van der Waals surface area contributed by atoms with E-state index >= 15 is 0 Å². The molecule has 1 aromatic carbocycles. The van der Waals surface area contributed by atoms with Crippen LogP contribution >= 0.6 is 11.3 Å². The Morgan fingerprint density at radius 1 is 1.23 bits per heavy atom. The Bertz CT molecular complexity index is 960. The number of para-hydroxylation sites is 2. The minimum atomic E-state index is -0.0327. The lowest BCUT2D eigenvalue weighted by molar-refractivity contribution is 0.192. The number of nitrogens with one attached hydrogen (secondary N) is 1. The molecular weight excluding hydrogens is 398 g/mol. The van der Waals surface area contributed by atoms with Gasteiger partial charge in [0.15, 0.2) is 11.5 Å². The molecule has 0 saturated carbocycles. The van der Waals surface area contributed by atoms with Gasteiger partial charge in [-0.1, -0.05) is 18.2 Å². The smallest absolute Gasteiger partial charge is 0.318 e. The van der Waals surface area contributed by atoms with Gasteiger partial charge < -0.3 is 19.7 Å². The van der Waals surface area contributed by atoms with E-state index in [9.17, 15) is 4.79 Å². The SMILES string of the molecule is CCOc1ccccc1Oc1ccc(CNC(=O)N2CCCC2c2ccsc2)cn1. The van der Waals surface area contributed by atoms with Crippen LogP contribution in [0.4, 0.5) is 4.79 Å². The molecule has 3 aromatic rings. The van der Waals surface area contributed by atoms with Gasteiger partial charge in [0.1, 0.15) is 0 Å². The highest BCUT2D eigenvalue weighted by Gasteiger charge is 2.29. The molecule has 4 rings (SSSR count). The van der Waals surface area contributed by atoms with Crippen molar-refractivity contribution in [1.82, 2.24) is 15.2 Å². The van der Waals surface area contributed by atoms with Gasteiger partial charge in [0.05, 0.1) is 12.6 Å². The number of hydrogen-bond acceptors (Lipinski definition) is 5. The third kappa shape index (κ3) is 4.74. The number of thiophene rings is 1. The zero-order valence-electron chi connectivity index (χ0n) is 16.9. The number of rotatable bonds is 7. The molecule has 0 bridgehead atoms. The number of nitrogens with zero attached hydrogens (tertiary/aromatic N) is 2. The van der Waals surface area contributed by atoms with E-state index in [1.807, 2.05) is 42.2 Å². The van der Waals surface area contributed by atoms with Crippen molar-refractivity contribution in [3.8, 4) is 17.4 Å². The number of hydrogen-bond donors (Lipinski definition) is 1. The first kappa shape index (κ1) is 20.2. The maximum Gasteiger partial charge on any atom is 0.318 e. The fourth-order valence-corrected chi connectivity index (χ4v) is 4.30. The lowest BCUT2D eigenvalue weighted by atomic mass is 10.1. The van der Waals surface area contributed by atoms with E-state index in [0.717, 1.165) is 24.9 Å². The number of urea groups is 1. The fourth-order valence-electron chi connectivity index (χ4n) is 3.60. The predicted molar refractivity (Wildman–Crippen MR) is 117 cm³/mol. The number of amides is 2. The standard InChI is InChI=1S/C23H25N3O3S/c1-2-28-20-7-3-4-8-21(20)29-22-10-9-17(14-24-22)15-25-23(27)26-12-5-6-19(26)18-11-13-30-16-18/h3-4,7-11,13-14,16,19H,2,5-6,12,15H2,1H3,(H,25,27). The van der Waals surface area contributed by atoms with E-state index in [1.165, 1.54) is 5.56 Å². The van der Waals surface area contributed by atoms with Crippen molar-refractivity contribution in [2.24, 2.45) is 0 Å². The molecule has 1 saturated heterocycles. The summed E-state index contributed by atoms with van der Waals surface area (Å²) in [6.45, 7) is 3.71. The van der Waals surface area contributed by atoms with Crippen LogP contribution in [0.25, 0.3) is 0 Å². The van der Waals surface area contributed by atoms with E-state index < -0.39 is 0 Å². The van der Waals surface area contributed by atoms with Crippen LogP contribution < -0.4 is 14.8 Å². The summed E-state index contributed by atoms with van der Waals surface area (Å²) in [5.41, 5.74) is 2.14. The van der Waals surface area contributed by atoms with Crippen molar-refractivity contribution < 1.29 is 14.3 Å². The van der Waals surface area contributed by atoms with Crippen molar-refractivity contribution in [1.29, 1.82) is 0 Å². The Balaban J connectivity index is 1.33. The predicted octanol–water partition coefficient (Wildman–Crippen LogP) is 5.38. The van der Waals surface area contributed by atoms with Crippen molar-refractivity contribution in [3.63, 3.8) is 0 Å². The maximum absolute atomic E-state index is 12.7. The molecule has 2 aromatic heterocycles. The van der Waals surface area contributed by atoms with Gasteiger partial charge in [-0.05, 0) is 59.9 Å². The molecule has 2 amide bonds. The molecule has 1 aliphatic heterocycles. The topological polar surface area (TPSA) is 63.7 Å². The Labute approximate surface area is 180 Å². The van der Waals surface area contributed by atoms with Crippen molar-refractivity contribution in [2.45, 2.75) is 32.4 Å². The number of carbonyl (C=O) groups excluding carboxylic acids is 1. The summed E-state index contributed by atoms with van der Waals surface area (Å²) < 4.78 is 11.4. The fraction of sp³-hybridized carbons (Fsp3) is 0.304. The highest BCUT2D eigenvalue weighted by molar-refractivity contribution is 7.08. The number of carbonyl (C=O) groups is 1. The molecule has 1 atom stereocenters. The highest BCUT2D eigenvalue weighted by Crippen LogP contribution is 2.33. The Morgan fingerprint density at radius 2 is 2.10 bits per heavy atom. The second-order valence-corrected chi connectivity index (χ2v) is 7.83. The first-order chi connectivity index (χ1) is 14.7. The molecular formula is C23H25N3O3S. The van der Waals surface area contributed by atoms with E-state index in [0.29, 0.717) is 30.5 Å². The molecule has 1 N–H and O–H groups in total. The molecule has 7 heteroatoms. The normalized spacial score (nSPS) is 15.8. The first-order valence-electron chi connectivity index (χ1n) is 10.2. The first-order valence-corrected chi connectivity index (χ1v) is 11.1. The lowest BCUT2D eigenvalue weighted by Gasteiger charge is -2.24. The monoisotopic (exact) mass is 423 g/mol. The zero-order chi connectivity index (χ0) is 20.8. The summed E-state index contributed by atoms with van der Waals surface area (Å²) in [6, 6.07) is 13.5. The quantitative estimate of drug-likeness (QED) is 0.554. The van der Waals surface area contributed by atoms with Crippen LogP contribution in [0.2, 0.25) is 0 Å². The van der Waals surface area contributed by atoms with Gasteiger partial charge in [-0.3, -0.25) is 0 Å². The van der Waals surface area contributed by atoms with E-state index in [4.69, 9.17) is 9.47 Å². The minimum absolute atomic E-state index is 0.0327. The van der Waals surface area contributed by atoms with Crippen molar-refractivity contribution >= 4 is 17.4 Å². The van der Waals surface area contributed by atoms with Crippen LogP contribution in [0.3, 0.4) is 0 Å². The molecule has 1 unspecified atom stereocenters. The van der Waals surface area contributed by atoms with Gasteiger partial charge in [-0.25, -0.2) is 9.78 Å². The third-order valence-electron chi connectivity index (χ3n) is 5.05. The van der Waals surface area contributed by atoms with Crippen LogP contribution in [0.1, 0.15) is 36.9 Å². The maximum atomic E-state index is 12.7. The summed E-state index contributed by atoms with van der Waals surface area (Å²) in [5.74, 6) is 1.79. The molecule has 30 heavy (non-hydrogen) atoms. The van der Waals surface area contributed by atoms with E-state index in [1.54, 1.807) is 23.6 Å². The van der Waals surface area contributed by atoms with E-state index in [2.05, 4.69) is 27.1 Å². The zero-order valence-corrected chi connectivity index (χ0v) is 17.7. The van der Waals surface area contributed by atoms with Crippen LogP contribution in [-0.4, -0.2) is 29.1 Å². The largest absolute Gasteiger partial charge is 0.490 e. The Kier molecular flexibility index (Phi) is 6.49. The van der Waals surface area contributed by atoms with Crippen LogP contribution in [0, 0.1) is 0 Å². The molecule has 0 radical (unpaired) electrons. The number of pyridine rings is 1. The molecule has 1 fully saturated rings. The van der Waals surface area contributed by atoms with Crippen molar-refractivity contribution in [3.05, 3.63) is 70.5 Å². The van der Waals surface area contributed by atoms with Crippen LogP contribution in [-0.2, 0) is 6.54 Å². The van der Waals surface area contributed by atoms with Gasteiger partial charge in [0, 0.05) is 25.4 Å². The van der Waals surface area contributed by atoms with Gasteiger partial charge >= 0.3 is 6.03 Å². The van der Waals surface area contributed by atoms with Gasteiger partial charge in [0.25, 0.3) is 0 Å². The van der Waals surface area contributed by atoms with Gasteiger partial charge in [-0.2, -0.15) is 11.3 Å². The average Bonchev–Trinajstić information content (AvgIpc) is 3.46. The highest BCUT2D eigenvalue weighted by atomic mass is 32.1. The lowest BCUT2D eigenvalue weighted by Crippen LogP contribution is -2.39. The molecule has 0 spiro atoms. The second-order valence-electron chi connectivity index (χ2n) is 7.05. The number of benzene rings is 1. The summed E-state index contributed by atoms with van der Waals surface area (Å²) >= 11 is 1.67. The summed E-state index contributed by atoms with van der Waals surface area (Å²) in [5, 5.41) is 7.21.